The van der Waals surface area contributed by atoms with E-state index >= 15 is 0 Å². The van der Waals surface area contributed by atoms with Crippen LogP contribution in [0.3, 0.4) is 0 Å². The largest absolute Gasteiger partial charge is 0.573 e. The van der Waals surface area contributed by atoms with E-state index in [1.54, 1.807) is 0 Å². The van der Waals surface area contributed by atoms with E-state index < -0.39 is 6.36 Å². The molecule has 3 rings (SSSR count). The minimum absolute atomic E-state index is 0.173. The smallest absolute Gasteiger partial charge is 0.406 e. The van der Waals surface area contributed by atoms with Crippen molar-refractivity contribution >= 4 is 17.3 Å². The maximum atomic E-state index is 12.1. The molecule has 5 nitrogen and oxygen atoms in total. The van der Waals surface area contributed by atoms with Crippen molar-refractivity contribution < 1.29 is 17.9 Å². The molecule has 27 heavy (non-hydrogen) atoms. The van der Waals surface area contributed by atoms with Crippen LogP contribution >= 0.6 is 0 Å². The van der Waals surface area contributed by atoms with Crippen molar-refractivity contribution in [3.05, 3.63) is 66.2 Å². The average molecular weight is 376 g/mol. The monoisotopic (exact) mass is 376 g/mol. The first-order valence-corrected chi connectivity index (χ1v) is 8.31. The van der Waals surface area contributed by atoms with Gasteiger partial charge in [-0.2, -0.15) is 0 Å². The van der Waals surface area contributed by atoms with Gasteiger partial charge in [0.2, 0.25) is 0 Å². The van der Waals surface area contributed by atoms with Crippen LogP contribution in [0.15, 0.2) is 65.7 Å². The van der Waals surface area contributed by atoms with Gasteiger partial charge in [-0.3, -0.25) is 0 Å². The summed E-state index contributed by atoms with van der Waals surface area (Å²) in [6.45, 7) is 2.23. The van der Waals surface area contributed by atoms with Crippen molar-refractivity contribution in [2.75, 3.05) is 23.3 Å². The number of nitrogens with one attached hydrogen (secondary N) is 1. The second-order valence-electron chi connectivity index (χ2n) is 5.94. The normalized spacial score (nSPS) is 14.5. The van der Waals surface area contributed by atoms with Crippen molar-refractivity contribution in [2.24, 2.45) is 10.7 Å². The van der Waals surface area contributed by atoms with Gasteiger partial charge in [0, 0.05) is 24.5 Å². The number of nitrogens with two attached hydrogens (primary N) is 1. The zero-order valence-electron chi connectivity index (χ0n) is 14.4. The number of halogens is 3. The maximum absolute atomic E-state index is 12.1. The number of hydrogen-bond acceptors (Lipinski definition) is 3. The van der Waals surface area contributed by atoms with Crippen LogP contribution < -0.4 is 20.7 Å². The van der Waals surface area contributed by atoms with Crippen LogP contribution in [-0.2, 0) is 6.54 Å². The molecule has 0 atom stereocenters. The molecule has 2 aromatic rings. The maximum Gasteiger partial charge on any atom is 0.573 e. The van der Waals surface area contributed by atoms with Gasteiger partial charge in [0.15, 0.2) is 5.96 Å². The molecule has 0 spiro atoms. The second-order valence-corrected chi connectivity index (χ2v) is 5.94. The number of benzene rings is 2. The summed E-state index contributed by atoms with van der Waals surface area (Å²) >= 11 is 0. The molecule has 2 aromatic carbocycles. The van der Waals surface area contributed by atoms with E-state index in [9.17, 15) is 13.2 Å². The number of alkyl halides is 3. The molecule has 0 unspecified atom stereocenters. The number of rotatable bonds is 5. The lowest BCUT2D eigenvalue weighted by Gasteiger charge is -2.17. The van der Waals surface area contributed by atoms with E-state index in [0.29, 0.717) is 12.2 Å². The Kier molecular flexibility index (Phi) is 5.54. The minimum Gasteiger partial charge on any atom is -0.406 e. The van der Waals surface area contributed by atoms with Gasteiger partial charge >= 0.3 is 6.36 Å². The molecule has 3 N–H and O–H groups in total. The Morgan fingerprint density at radius 3 is 2.26 bits per heavy atom. The van der Waals surface area contributed by atoms with Gasteiger partial charge in [-0.15, -0.1) is 13.2 Å². The van der Waals surface area contributed by atoms with E-state index in [1.165, 1.54) is 24.3 Å². The summed E-state index contributed by atoms with van der Waals surface area (Å²) in [7, 11) is 0. The van der Waals surface area contributed by atoms with E-state index in [1.807, 2.05) is 24.3 Å². The summed E-state index contributed by atoms with van der Waals surface area (Å²) in [5.41, 5.74) is 8.51. The lowest BCUT2D eigenvalue weighted by molar-refractivity contribution is -0.274. The molecule has 0 bridgehead atoms. The molecular formula is C19H19F3N4O. The molecule has 1 aliphatic rings. The van der Waals surface area contributed by atoms with Crippen LogP contribution in [0.25, 0.3) is 0 Å². The van der Waals surface area contributed by atoms with Gasteiger partial charge in [0.25, 0.3) is 0 Å². The van der Waals surface area contributed by atoms with Gasteiger partial charge in [-0.05, 0) is 42.0 Å². The van der Waals surface area contributed by atoms with Gasteiger partial charge in [0.05, 0.1) is 6.54 Å². The Bertz CT molecular complexity index is 806. The van der Waals surface area contributed by atoms with Gasteiger partial charge in [-0.25, -0.2) is 4.99 Å². The summed E-state index contributed by atoms with van der Waals surface area (Å²) in [5.74, 6) is -0.121. The number of hydrogen-bond donors (Lipinski definition) is 2. The van der Waals surface area contributed by atoms with E-state index in [0.717, 1.165) is 24.3 Å². The SMILES string of the molecule is NC(=NCc1ccc(N2CC=CC2)cc1)Nc1ccc(OC(F)(F)F)cc1. The molecule has 8 heteroatoms. The Balaban J connectivity index is 1.53. The topological polar surface area (TPSA) is 62.9 Å². The van der Waals surface area contributed by atoms with Crippen molar-refractivity contribution in [3.63, 3.8) is 0 Å². The summed E-state index contributed by atoms with van der Waals surface area (Å²) in [6, 6.07) is 13.3. The molecule has 1 heterocycles. The molecule has 0 aliphatic carbocycles. The lowest BCUT2D eigenvalue weighted by Crippen LogP contribution is -2.22. The molecule has 0 amide bonds. The van der Waals surface area contributed by atoms with Crippen LogP contribution in [0.1, 0.15) is 5.56 Å². The summed E-state index contributed by atoms with van der Waals surface area (Å²) in [6.07, 6.45) is -0.449. The third-order valence-corrected chi connectivity index (χ3v) is 3.91. The van der Waals surface area contributed by atoms with Gasteiger partial charge in [0.1, 0.15) is 5.75 Å². The average Bonchev–Trinajstić information content (AvgIpc) is 3.16. The number of ether oxygens (including phenoxy) is 1. The molecule has 0 saturated heterocycles. The third kappa shape index (κ3) is 5.67. The number of nitrogens with zero attached hydrogens (tertiary/aromatic N) is 2. The third-order valence-electron chi connectivity index (χ3n) is 3.91. The summed E-state index contributed by atoms with van der Waals surface area (Å²) in [5, 5.41) is 2.83. The first-order valence-electron chi connectivity index (χ1n) is 8.31. The van der Waals surface area contributed by atoms with Crippen molar-refractivity contribution in [2.45, 2.75) is 12.9 Å². The molecule has 0 fully saturated rings. The first-order chi connectivity index (χ1) is 12.9. The predicted octanol–water partition coefficient (Wildman–Crippen LogP) is 3.89. The zero-order valence-corrected chi connectivity index (χ0v) is 14.4. The molecule has 0 radical (unpaired) electrons. The van der Waals surface area contributed by atoms with E-state index in [4.69, 9.17) is 5.73 Å². The Hall–Kier alpha value is -3.16. The van der Waals surface area contributed by atoms with E-state index in [2.05, 4.69) is 32.1 Å². The number of anilines is 2. The highest BCUT2D eigenvalue weighted by Gasteiger charge is 2.30. The highest BCUT2D eigenvalue weighted by Crippen LogP contribution is 2.24. The van der Waals surface area contributed by atoms with Crippen LogP contribution in [0.2, 0.25) is 0 Å². The van der Waals surface area contributed by atoms with E-state index in [-0.39, 0.29) is 11.7 Å². The fourth-order valence-electron chi connectivity index (χ4n) is 2.60. The standard InChI is InChI=1S/C19H19F3N4O/c20-19(21,22)27-17-9-5-15(6-10-17)25-18(23)24-13-14-3-7-16(8-4-14)26-11-1-2-12-26/h1-10H,11-13H2,(H3,23,24,25). The molecule has 142 valence electrons. The van der Waals surface area contributed by atoms with Crippen LogP contribution in [0.4, 0.5) is 24.5 Å². The Labute approximate surface area is 155 Å². The highest BCUT2D eigenvalue weighted by molar-refractivity contribution is 5.92. The summed E-state index contributed by atoms with van der Waals surface area (Å²) < 4.78 is 40.2. The van der Waals surface area contributed by atoms with Crippen molar-refractivity contribution in [1.82, 2.24) is 0 Å². The fourth-order valence-corrected chi connectivity index (χ4v) is 2.60. The van der Waals surface area contributed by atoms with Crippen LogP contribution in [-0.4, -0.2) is 25.4 Å². The summed E-state index contributed by atoms with van der Waals surface area (Å²) in [4.78, 5) is 6.49. The molecule has 0 saturated carbocycles. The van der Waals surface area contributed by atoms with Crippen molar-refractivity contribution in [3.8, 4) is 5.75 Å². The van der Waals surface area contributed by atoms with Crippen LogP contribution in [0.5, 0.6) is 5.75 Å². The molecule has 1 aliphatic heterocycles. The molecular weight excluding hydrogens is 357 g/mol. The molecule has 0 aromatic heterocycles. The Morgan fingerprint density at radius 2 is 1.67 bits per heavy atom. The zero-order chi connectivity index (χ0) is 19.3. The first kappa shape index (κ1) is 18.6. The highest BCUT2D eigenvalue weighted by atomic mass is 19.4. The number of guanidine groups is 1. The second kappa shape index (κ2) is 8.03. The fraction of sp³-hybridized carbons (Fsp3) is 0.211. The van der Waals surface area contributed by atoms with Crippen LogP contribution in [0, 0.1) is 0 Å². The lowest BCUT2D eigenvalue weighted by atomic mass is 10.2. The number of aliphatic imine (C=N–C) groups is 1. The minimum atomic E-state index is -4.71. The van der Waals surface area contributed by atoms with Crippen molar-refractivity contribution in [1.29, 1.82) is 0 Å². The van der Waals surface area contributed by atoms with Gasteiger partial charge in [-0.1, -0.05) is 24.3 Å². The quantitative estimate of drug-likeness (QED) is 0.472. The Morgan fingerprint density at radius 1 is 1.04 bits per heavy atom. The predicted molar refractivity (Wildman–Crippen MR) is 99.9 cm³/mol. The van der Waals surface area contributed by atoms with Gasteiger partial charge < -0.3 is 20.7 Å².